The van der Waals surface area contributed by atoms with Crippen LogP contribution >= 0.6 is 23.2 Å². The molecular weight excluding hydrogens is 479 g/mol. The lowest BCUT2D eigenvalue weighted by atomic mass is 9.97. The van der Waals surface area contributed by atoms with Crippen molar-refractivity contribution in [3.63, 3.8) is 0 Å². The molecule has 8 heteroatoms. The van der Waals surface area contributed by atoms with Crippen molar-refractivity contribution in [2.75, 3.05) is 18.4 Å². The average Bonchev–Trinajstić information content (AvgIpc) is 3.24. The highest BCUT2D eigenvalue weighted by Crippen LogP contribution is 2.37. The molecule has 1 unspecified atom stereocenters. The number of nitrogens with zero attached hydrogens (tertiary/aromatic N) is 4. The lowest BCUT2D eigenvalue weighted by Gasteiger charge is -2.22. The maximum Gasteiger partial charge on any atom is 0.223 e. The highest BCUT2D eigenvalue weighted by atomic mass is 35.5. The lowest BCUT2D eigenvalue weighted by Crippen LogP contribution is -2.27. The molecule has 0 spiro atoms. The second kappa shape index (κ2) is 10.4. The predicted molar refractivity (Wildman–Crippen MR) is 143 cm³/mol. The van der Waals surface area contributed by atoms with Crippen molar-refractivity contribution >= 4 is 29.2 Å². The van der Waals surface area contributed by atoms with Gasteiger partial charge in [-0.3, -0.25) is 0 Å². The third-order valence-electron chi connectivity index (χ3n) is 6.57. The van der Waals surface area contributed by atoms with Crippen molar-refractivity contribution in [1.82, 2.24) is 24.8 Å². The Labute approximate surface area is 215 Å². The Bertz CT molecular complexity index is 1310. The van der Waals surface area contributed by atoms with Crippen LogP contribution in [0.4, 0.5) is 5.95 Å². The van der Waals surface area contributed by atoms with E-state index in [-0.39, 0.29) is 6.04 Å². The first kappa shape index (κ1) is 23.8. The van der Waals surface area contributed by atoms with E-state index in [0.717, 1.165) is 54.4 Å². The van der Waals surface area contributed by atoms with E-state index < -0.39 is 0 Å². The standard InChI is InChI=1S/C27H28Cl2N6/c1-17(18-6-4-3-5-7-18)32-27-31-15-12-23(33-27)25-24(20-8-9-21(28)22(29)16-20)34-26(35(25)2)19-10-13-30-14-11-19/h3-9,12,15-17,19,30H,10-11,13-14H2,1-2H3,(H,31,32,33). The molecule has 2 aromatic heterocycles. The molecule has 0 amide bonds. The minimum absolute atomic E-state index is 0.0674. The quantitative estimate of drug-likeness (QED) is 0.312. The first-order valence-electron chi connectivity index (χ1n) is 11.9. The summed E-state index contributed by atoms with van der Waals surface area (Å²) in [6.07, 6.45) is 3.89. The van der Waals surface area contributed by atoms with E-state index >= 15 is 0 Å². The molecule has 6 nitrogen and oxygen atoms in total. The van der Waals surface area contributed by atoms with Gasteiger partial charge in [-0.15, -0.1) is 0 Å². The molecule has 5 rings (SSSR count). The summed E-state index contributed by atoms with van der Waals surface area (Å²) in [6.45, 7) is 4.09. The maximum atomic E-state index is 6.39. The first-order valence-corrected chi connectivity index (χ1v) is 12.6. The number of benzene rings is 2. The molecule has 35 heavy (non-hydrogen) atoms. The van der Waals surface area contributed by atoms with Gasteiger partial charge in [-0.05, 0) is 56.6 Å². The summed E-state index contributed by atoms with van der Waals surface area (Å²) in [5.41, 5.74) is 4.68. The van der Waals surface area contributed by atoms with Gasteiger partial charge in [0.15, 0.2) is 0 Å². The number of hydrogen-bond donors (Lipinski definition) is 2. The van der Waals surface area contributed by atoms with Crippen LogP contribution in [0.2, 0.25) is 10.0 Å². The zero-order valence-electron chi connectivity index (χ0n) is 19.8. The first-order chi connectivity index (χ1) is 17.0. The smallest absolute Gasteiger partial charge is 0.223 e. The monoisotopic (exact) mass is 506 g/mol. The Morgan fingerprint density at radius 2 is 1.77 bits per heavy atom. The zero-order chi connectivity index (χ0) is 24.4. The fraction of sp³-hybridized carbons (Fsp3) is 0.296. The Kier molecular flexibility index (Phi) is 7.04. The summed E-state index contributed by atoms with van der Waals surface area (Å²) in [4.78, 5) is 14.5. The Balaban J connectivity index is 1.57. The number of nitrogens with one attached hydrogen (secondary N) is 2. The highest BCUT2D eigenvalue weighted by molar-refractivity contribution is 6.42. The summed E-state index contributed by atoms with van der Waals surface area (Å²) >= 11 is 12.6. The SMILES string of the molecule is CC(Nc1nccc(-c2c(-c3ccc(Cl)c(Cl)c3)nc(C3CCNCC3)n2C)n1)c1ccccc1. The van der Waals surface area contributed by atoms with Crippen LogP contribution < -0.4 is 10.6 Å². The third-order valence-corrected chi connectivity index (χ3v) is 7.31. The second-order valence-electron chi connectivity index (χ2n) is 8.92. The molecule has 0 radical (unpaired) electrons. The van der Waals surface area contributed by atoms with Crippen LogP contribution in [0.3, 0.4) is 0 Å². The average molecular weight is 507 g/mol. The van der Waals surface area contributed by atoms with E-state index in [1.165, 1.54) is 5.56 Å². The van der Waals surface area contributed by atoms with Gasteiger partial charge >= 0.3 is 0 Å². The molecule has 180 valence electrons. The molecule has 4 aromatic rings. The minimum atomic E-state index is 0.0674. The number of halogens is 2. The topological polar surface area (TPSA) is 67.7 Å². The Morgan fingerprint density at radius 3 is 2.51 bits per heavy atom. The number of hydrogen-bond acceptors (Lipinski definition) is 5. The van der Waals surface area contributed by atoms with E-state index in [2.05, 4.69) is 46.3 Å². The van der Waals surface area contributed by atoms with Gasteiger partial charge in [0.25, 0.3) is 0 Å². The normalized spacial score (nSPS) is 15.2. The molecule has 1 fully saturated rings. The van der Waals surface area contributed by atoms with Crippen LogP contribution in [0, 0.1) is 0 Å². The van der Waals surface area contributed by atoms with Crippen molar-refractivity contribution in [2.24, 2.45) is 7.05 Å². The van der Waals surface area contributed by atoms with Gasteiger partial charge in [0.1, 0.15) is 5.82 Å². The van der Waals surface area contributed by atoms with Crippen molar-refractivity contribution in [3.8, 4) is 22.6 Å². The number of imidazole rings is 1. The van der Waals surface area contributed by atoms with E-state index in [4.69, 9.17) is 33.2 Å². The van der Waals surface area contributed by atoms with Gasteiger partial charge in [-0.1, -0.05) is 59.6 Å². The van der Waals surface area contributed by atoms with E-state index in [0.29, 0.717) is 21.9 Å². The molecular formula is C27H28Cl2N6. The molecule has 1 aliphatic heterocycles. The number of rotatable bonds is 6. The van der Waals surface area contributed by atoms with Gasteiger partial charge in [-0.25, -0.2) is 15.0 Å². The maximum absolute atomic E-state index is 6.39. The molecule has 2 N–H and O–H groups in total. The molecule has 2 aromatic carbocycles. The van der Waals surface area contributed by atoms with Crippen molar-refractivity contribution in [3.05, 3.63) is 82.2 Å². The summed E-state index contributed by atoms with van der Waals surface area (Å²) in [6, 6.07) is 17.9. The van der Waals surface area contributed by atoms with Crippen LogP contribution in [-0.4, -0.2) is 32.6 Å². The Hall–Kier alpha value is -2.93. The fourth-order valence-electron chi connectivity index (χ4n) is 4.68. The molecule has 0 aliphatic carbocycles. The van der Waals surface area contributed by atoms with Gasteiger partial charge in [0, 0.05) is 24.7 Å². The summed E-state index contributed by atoms with van der Waals surface area (Å²) in [5, 5.41) is 7.91. The number of piperidine rings is 1. The van der Waals surface area contributed by atoms with Crippen LogP contribution in [0.1, 0.15) is 43.1 Å². The van der Waals surface area contributed by atoms with Gasteiger partial charge in [0.2, 0.25) is 5.95 Å². The molecule has 1 atom stereocenters. The zero-order valence-corrected chi connectivity index (χ0v) is 21.3. The molecule has 3 heterocycles. The molecule has 0 saturated carbocycles. The number of aromatic nitrogens is 4. The van der Waals surface area contributed by atoms with Crippen LogP contribution in [0.25, 0.3) is 22.6 Å². The predicted octanol–water partition coefficient (Wildman–Crippen LogP) is 6.49. The summed E-state index contributed by atoms with van der Waals surface area (Å²) in [7, 11) is 2.07. The van der Waals surface area contributed by atoms with E-state index in [1.807, 2.05) is 42.5 Å². The summed E-state index contributed by atoms with van der Waals surface area (Å²) < 4.78 is 2.18. The second-order valence-corrected chi connectivity index (χ2v) is 9.74. The van der Waals surface area contributed by atoms with Crippen LogP contribution in [-0.2, 0) is 7.05 Å². The van der Waals surface area contributed by atoms with Crippen LogP contribution in [0.5, 0.6) is 0 Å². The number of anilines is 1. The van der Waals surface area contributed by atoms with Crippen molar-refractivity contribution < 1.29 is 0 Å². The van der Waals surface area contributed by atoms with Gasteiger partial charge in [-0.2, -0.15) is 0 Å². The molecule has 1 aliphatic rings. The molecule has 0 bridgehead atoms. The van der Waals surface area contributed by atoms with E-state index in [1.54, 1.807) is 6.20 Å². The van der Waals surface area contributed by atoms with Gasteiger partial charge < -0.3 is 15.2 Å². The largest absolute Gasteiger partial charge is 0.348 e. The lowest BCUT2D eigenvalue weighted by molar-refractivity contribution is 0.438. The molecule has 1 saturated heterocycles. The third kappa shape index (κ3) is 5.06. The minimum Gasteiger partial charge on any atom is -0.348 e. The van der Waals surface area contributed by atoms with Crippen molar-refractivity contribution in [2.45, 2.75) is 31.7 Å². The fourth-order valence-corrected chi connectivity index (χ4v) is 4.98. The summed E-state index contributed by atoms with van der Waals surface area (Å²) in [5.74, 6) is 2.02. The highest BCUT2D eigenvalue weighted by Gasteiger charge is 2.26. The van der Waals surface area contributed by atoms with Crippen LogP contribution in [0.15, 0.2) is 60.8 Å². The Morgan fingerprint density at radius 1 is 1.00 bits per heavy atom. The van der Waals surface area contributed by atoms with Crippen molar-refractivity contribution in [1.29, 1.82) is 0 Å². The van der Waals surface area contributed by atoms with E-state index in [9.17, 15) is 0 Å². The van der Waals surface area contributed by atoms with Gasteiger partial charge in [0.05, 0.1) is 33.2 Å².